The van der Waals surface area contributed by atoms with Gasteiger partial charge in [0.1, 0.15) is 0 Å². The van der Waals surface area contributed by atoms with Gasteiger partial charge in [0, 0.05) is 18.3 Å². The van der Waals surface area contributed by atoms with Gasteiger partial charge in [0.25, 0.3) is 0 Å². The van der Waals surface area contributed by atoms with Crippen LogP contribution >= 0.6 is 0 Å². The normalized spacial score (nSPS) is 21.4. The van der Waals surface area contributed by atoms with Crippen molar-refractivity contribution >= 4 is 15.7 Å². The number of piperidine rings is 1. The first-order valence-electron chi connectivity index (χ1n) is 6.48. The monoisotopic (exact) mass is 284 g/mol. The standard InChI is InChI=1S/C13H20N2O3S/c14-12-6-4-11(5-7-12)10-19(17,18)15-8-2-1-3-13(15)9-16/h4-7,13,16H,1-3,8-10,14H2. The van der Waals surface area contributed by atoms with Crippen molar-refractivity contribution in [2.75, 3.05) is 18.9 Å². The van der Waals surface area contributed by atoms with Gasteiger partial charge in [-0.1, -0.05) is 18.6 Å². The van der Waals surface area contributed by atoms with E-state index in [9.17, 15) is 13.5 Å². The van der Waals surface area contributed by atoms with Crippen molar-refractivity contribution < 1.29 is 13.5 Å². The van der Waals surface area contributed by atoms with Crippen LogP contribution in [0.3, 0.4) is 0 Å². The van der Waals surface area contributed by atoms with Gasteiger partial charge < -0.3 is 10.8 Å². The zero-order valence-corrected chi connectivity index (χ0v) is 11.6. The van der Waals surface area contributed by atoms with Crippen LogP contribution < -0.4 is 5.73 Å². The highest BCUT2D eigenvalue weighted by atomic mass is 32.2. The van der Waals surface area contributed by atoms with Crippen molar-refractivity contribution in [3.63, 3.8) is 0 Å². The molecule has 1 aromatic rings. The maximum Gasteiger partial charge on any atom is 0.218 e. The molecule has 1 saturated heterocycles. The lowest BCUT2D eigenvalue weighted by Crippen LogP contribution is -2.45. The van der Waals surface area contributed by atoms with Gasteiger partial charge in [0.15, 0.2) is 0 Å². The van der Waals surface area contributed by atoms with E-state index in [0.29, 0.717) is 12.2 Å². The van der Waals surface area contributed by atoms with Gasteiger partial charge in [-0.25, -0.2) is 8.42 Å². The highest BCUT2D eigenvalue weighted by Crippen LogP contribution is 2.22. The summed E-state index contributed by atoms with van der Waals surface area (Å²) in [5, 5.41) is 9.30. The second-order valence-electron chi connectivity index (χ2n) is 4.94. The van der Waals surface area contributed by atoms with E-state index >= 15 is 0 Å². The molecular weight excluding hydrogens is 264 g/mol. The van der Waals surface area contributed by atoms with E-state index in [0.717, 1.165) is 24.8 Å². The number of nitrogen functional groups attached to an aromatic ring is 1. The molecule has 1 aliphatic heterocycles. The Bertz CT molecular complexity index is 513. The molecule has 0 spiro atoms. The predicted molar refractivity (Wildman–Crippen MR) is 74.9 cm³/mol. The Kier molecular flexibility index (Phi) is 4.44. The number of aliphatic hydroxyl groups is 1. The molecule has 6 heteroatoms. The first-order chi connectivity index (χ1) is 9.03. The van der Waals surface area contributed by atoms with Crippen molar-refractivity contribution in [1.29, 1.82) is 0 Å². The second-order valence-corrected chi connectivity index (χ2v) is 6.86. The average molecular weight is 284 g/mol. The van der Waals surface area contributed by atoms with Crippen LogP contribution in [0, 0.1) is 0 Å². The molecule has 0 amide bonds. The summed E-state index contributed by atoms with van der Waals surface area (Å²) < 4.78 is 26.2. The molecule has 0 aliphatic carbocycles. The number of aliphatic hydroxyl groups excluding tert-OH is 1. The molecule has 3 N–H and O–H groups in total. The van der Waals surface area contributed by atoms with E-state index in [4.69, 9.17) is 5.73 Å². The molecule has 0 bridgehead atoms. The van der Waals surface area contributed by atoms with E-state index in [1.54, 1.807) is 24.3 Å². The number of rotatable bonds is 4. The number of nitrogens with zero attached hydrogens (tertiary/aromatic N) is 1. The van der Waals surface area contributed by atoms with Crippen LogP contribution in [0.2, 0.25) is 0 Å². The smallest absolute Gasteiger partial charge is 0.218 e. The first kappa shape index (κ1) is 14.3. The second kappa shape index (κ2) is 5.90. The molecule has 0 aromatic heterocycles. The molecule has 2 rings (SSSR count). The van der Waals surface area contributed by atoms with Crippen molar-refractivity contribution in [2.45, 2.75) is 31.1 Å². The summed E-state index contributed by atoms with van der Waals surface area (Å²) in [7, 11) is -3.38. The molecule has 1 aromatic carbocycles. The molecule has 1 unspecified atom stereocenters. The minimum Gasteiger partial charge on any atom is -0.399 e. The van der Waals surface area contributed by atoms with Crippen LogP contribution in [0.25, 0.3) is 0 Å². The molecule has 0 saturated carbocycles. The number of anilines is 1. The SMILES string of the molecule is Nc1ccc(CS(=O)(=O)N2CCCCC2CO)cc1. The van der Waals surface area contributed by atoms with Crippen LogP contribution in [0.1, 0.15) is 24.8 Å². The molecule has 5 nitrogen and oxygen atoms in total. The predicted octanol–water partition coefficient (Wildman–Crippen LogP) is 0.945. The van der Waals surface area contributed by atoms with Crippen molar-refractivity contribution in [2.24, 2.45) is 0 Å². The third-order valence-electron chi connectivity index (χ3n) is 3.47. The van der Waals surface area contributed by atoms with E-state index in [-0.39, 0.29) is 18.4 Å². The lowest BCUT2D eigenvalue weighted by Gasteiger charge is -2.33. The maximum atomic E-state index is 12.4. The van der Waals surface area contributed by atoms with Crippen LogP contribution in [-0.4, -0.2) is 37.0 Å². The zero-order chi connectivity index (χ0) is 13.9. The number of hydrogen-bond acceptors (Lipinski definition) is 4. The van der Waals surface area contributed by atoms with Gasteiger partial charge in [-0.15, -0.1) is 0 Å². The fraction of sp³-hybridized carbons (Fsp3) is 0.538. The fourth-order valence-electron chi connectivity index (χ4n) is 2.43. The number of benzene rings is 1. The molecule has 1 fully saturated rings. The summed E-state index contributed by atoms with van der Waals surface area (Å²) >= 11 is 0. The molecule has 1 atom stereocenters. The van der Waals surface area contributed by atoms with Gasteiger partial charge in [0.05, 0.1) is 12.4 Å². The fourth-order valence-corrected chi connectivity index (χ4v) is 4.24. The summed E-state index contributed by atoms with van der Waals surface area (Å²) in [4.78, 5) is 0. The lowest BCUT2D eigenvalue weighted by atomic mass is 10.1. The van der Waals surface area contributed by atoms with Gasteiger partial charge in [-0.3, -0.25) is 0 Å². The van der Waals surface area contributed by atoms with E-state index in [1.807, 2.05) is 0 Å². The third kappa shape index (κ3) is 3.46. The topological polar surface area (TPSA) is 83.6 Å². The molecule has 1 heterocycles. The highest BCUT2D eigenvalue weighted by Gasteiger charge is 2.31. The van der Waals surface area contributed by atoms with Gasteiger partial charge in [-0.05, 0) is 30.5 Å². The molecule has 0 radical (unpaired) electrons. The van der Waals surface area contributed by atoms with Crippen LogP contribution in [0.5, 0.6) is 0 Å². The molecule has 1 aliphatic rings. The van der Waals surface area contributed by atoms with Crippen molar-refractivity contribution in [1.82, 2.24) is 4.31 Å². The van der Waals surface area contributed by atoms with Crippen LogP contribution in [-0.2, 0) is 15.8 Å². The Hall–Kier alpha value is -1.11. The number of sulfonamides is 1. The number of hydrogen-bond donors (Lipinski definition) is 2. The Morgan fingerprint density at radius 3 is 2.58 bits per heavy atom. The largest absolute Gasteiger partial charge is 0.399 e. The van der Waals surface area contributed by atoms with E-state index in [1.165, 1.54) is 4.31 Å². The summed E-state index contributed by atoms with van der Waals surface area (Å²) in [5.74, 6) is -0.0379. The Balaban J connectivity index is 2.14. The van der Waals surface area contributed by atoms with Crippen molar-refractivity contribution in [3.05, 3.63) is 29.8 Å². The van der Waals surface area contributed by atoms with Gasteiger partial charge >= 0.3 is 0 Å². The minimum absolute atomic E-state index is 0.0379. The van der Waals surface area contributed by atoms with Crippen LogP contribution in [0.15, 0.2) is 24.3 Å². The molecule has 19 heavy (non-hydrogen) atoms. The van der Waals surface area contributed by atoms with E-state index in [2.05, 4.69) is 0 Å². The molecular formula is C13H20N2O3S. The summed E-state index contributed by atoms with van der Waals surface area (Å²) in [6.07, 6.45) is 2.56. The van der Waals surface area contributed by atoms with E-state index < -0.39 is 10.0 Å². The Labute approximate surface area is 114 Å². The Morgan fingerprint density at radius 1 is 1.26 bits per heavy atom. The van der Waals surface area contributed by atoms with Crippen LogP contribution in [0.4, 0.5) is 5.69 Å². The zero-order valence-electron chi connectivity index (χ0n) is 10.8. The average Bonchev–Trinajstić information content (AvgIpc) is 2.41. The minimum atomic E-state index is -3.38. The van der Waals surface area contributed by atoms with Gasteiger partial charge in [0.2, 0.25) is 10.0 Å². The number of nitrogens with two attached hydrogens (primary N) is 1. The summed E-state index contributed by atoms with van der Waals surface area (Å²) in [6.45, 7) is 0.392. The molecule has 106 valence electrons. The highest BCUT2D eigenvalue weighted by molar-refractivity contribution is 7.88. The lowest BCUT2D eigenvalue weighted by molar-refractivity contribution is 0.155. The summed E-state index contributed by atoms with van der Waals surface area (Å²) in [5.41, 5.74) is 6.92. The van der Waals surface area contributed by atoms with Gasteiger partial charge in [-0.2, -0.15) is 4.31 Å². The van der Waals surface area contributed by atoms with Crippen molar-refractivity contribution in [3.8, 4) is 0 Å². The quantitative estimate of drug-likeness (QED) is 0.806. The maximum absolute atomic E-state index is 12.4. The first-order valence-corrected chi connectivity index (χ1v) is 8.08. The third-order valence-corrected chi connectivity index (χ3v) is 5.36. The Morgan fingerprint density at radius 2 is 1.95 bits per heavy atom. The summed E-state index contributed by atoms with van der Waals surface area (Å²) in [6, 6.07) is 6.58.